The van der Waals surface area contributed by atoms with Crippen LogP contribution in [0.2, 0.25) is 13.1 Å². The summed E-state index contributed by atoms with van der Waals surface area (Å²) in [5.74, 6) is 0. The van der Waals surface area contributed by atoms with Crippen LogP contribution in [-0.2, 0) is 20.1 Å². The molecular weight excluding hydrogens is 590 g/mol. The average Bonchev–Trinajstić information content (AvgIpc) is 3.27. The molecule has 0 spiro atoms. The van der Waals surface area contributed by atoms with Gasteiger partial charge in [0, 0.05) is 0 Å². The molecule has 30 heavy (non-hydrogen) atoms. The minimum Gasteiger partial charge on any atom is -1.00 e. The Bertz CT molecular complexity index is 989. The predicted molar refractivity (Wildman–Crippen MR) is 121 cm³/mol. The molecule has 2 aliphatic rings. The summed E-state index contributed by atoms with van der Waals surface area (Å²) in [7, 11) is 0. The van der Waals surface area contributed by atoms with Gasteiger partial charge >= 0.3 is 178 Å². The topological polar surface area (TPSA) is 0 Å². The molecule has 0 N–H and O–H groups in total. The second-order valence-corrected chi connectivity index (χ2v) is 32.0. The second kappa shape index (κ2) is 11.1. The number of hydrogen-bond donors (Lipinski definition) is 0. The monoisotopic (exact) mass is 618 g/mol. The summed E-state index contributed by atoms with van der Waals surface area (Å²) in [6.07, 6.45) is 7.36. The van der Waals surface area contributed by atoms with Crippen LogP contribution in [0.3, 0.4) is 0 Å². The van der Waals surface area contributed by atoms with Gasteiger partial charge in [0.15, 0.2) is 0 Å². The van der Waals surface area contributed by atoms with Crippen LogP contribution in [0.5, 0.6) is 0 Å². The van der Waals surface area contributed by atoms with Crippen molar-refractivity contribution in [1.29, 1.82) is 0 Å². The van der Waals surface area contributed by atoms with Crippen molar-refractivity contribution in [2.75, 3.05) is 0 Å². The van der Waals surface area contributed by atoms with Crippen molar-refractivity contribution in [2.24, 2.45) is 0 Å². The number of allylic oxidation sites excluding steroid dienone is 8. The number of hydrogen-bond acceptors (Lipinski definition) is 0. The first-order chi connectivity index (χ1) is 13.5. The van der Waals surface area contributed by atoms with E-state index in [1.165, 1.54) is 35.1 Å². The van der Waals surface area contributed by atoms with E-state index in [-0.39, 0.29) is 30.3 Å². The summed E-state index contributed by atoms with van der Waals surface area (Å²) in [5, 5.41) is 0. The van der Waals surface area contributed by atoms with Crippen LogP contribution >= 0.6 is 0 Å². The van der Waals surface area contributed by atoms with Crippen LogP contribution in [0, 0.1) is 0 Å². The van der Waals surface area contributed by atoms with Crippen LogP contribution in [0.25, 0.3) is 11.1 Å². The molecule has 2 aliphatic carbocycles. The van der Waals surface area contributed by atoms with E-state index in [1.807, 2.05) is 6.66 Å². The average molecular weight is 618 g/mol. The van der Waals surface area contributed by atoms with Crippen LogP contribution in [0.1, 0.15) is 37.8 Å². The second-order valence-electron chi connectivity index (χ2n) is 8.12. The smallest absolute Gasteiger partial charge is 1.00 e. The van der Waals surface area contributed by atoms with Gasteiger partial charge in [-0.2, -0.15) is 0 Å². The fraction of sp³-hybridized carbons (Fsp3) is 0.231. The molecule has 4 heteroatoms. The number of benzene rings is 2. The molecule has 0 saturated heterocycles. The van der Waals surface area contributed by atoms with Crippen LogP contribution < -0.4 is 24.8 Å². The molecule has 0 saturated carbocycles. The molecule has 2 aromatic rings. The molecule has 0 unspecified atom stereocenters. The molecule has 0 heterocycles. The molecule has 0 radical (unpaired) electrons. The molecule has 0 bridgehead atoms. The summed E-state index contributed by atoms with van der Waals surface area (Å²) < 4.78 is 3.75. The van der Waals surface area contributed by atoms with Crippen LogP contribution in [-0.4, -0.2) is 5.49 Å². The van der Waals surface area contributed by atoms with E-state index >= 15 is 0 Å². The predicted octanol–water partition coefficient (Wildman–Crippen LogP) is 1.39. The third-order valence-electron chi connectivity index (χ3n) is 5.86. The Hall–Kier alpha value is -0.933. The third-order valence-corrected chi connectivity index (χ3v) is 31.0. The Morgan fingerprint density at radius 2 is 1.00 bits per heavy atom. The molecule has 0 amide bonds. The minimum absolute atomic E-state index is 0. The first-order valence-electron chi connectivity index (χ1n) is 10.1. The van der Waals surface area contributed by atoms with Crippen molar-refractivity contribution in [3.8, 4) is 0 Å². The van der Waals surface area contributed by atoms with Gasteiger partial charge in [-0.25, -0.2) is 0 Å². The maximum atomic E-state index is 2.58. The van der Waals surface area contributed by atoms with Gasteiger partial charge in [-0.1, -0.05) is 0 Å². The van der Waals surface area contributed by atoms with Gasteiger partial charge in [0.25, 0.3) is 0 Å². The maximum absolute atomic E-state index is 2.58. The molecule has 154 valence electrons. The largest absolute Gasteiger partial charge is 1.00 e. The Morgan fingerprint density at radius 1 is 0.633 bits per heavy atom. The van der Waals surface area contributed by atoms with E-state index in [0.29, 0.717) is 0 Å². The molecule has 0 nitrogen and oxygen atoms in total. The van der Waals surface area contributed by atoms with Crippen molar-refractivity contribution in [3.05, 3.63) is 102 Å². The first kappa shape index (κ1) is 25.3. The summed E-state index contributed by atoms with van der Waals surface area (Å²) in [6.45, 7) is 9.90. The number of halogens is 2. The zero-order valence-corrected chi connectivity index (χ0v) is 24.2. The van der Waals surface area contributed by atoms with Gasteiger partial charge in [0.2, 0.25) is 0 Å². The Morgan fingerprint density at radius 3 is 1.33 bits per heavy atom. The van der Waals surface area contributed by atoms with E-state index in [0.717, 1.165) is 0 Å². The quantitative estimate of drug-likeness (QED) is 0.456. The normalized spacial score (nSPS) is 15.0. The summed E-state index contributed by atoms with van der Waals surface area (Å²) in [5.41, 5.74) is 8.77. The van der Waals surface area contributed by atoms with E-state index in [1.54, 1.807) is 11.1 Å². The molecular formula is C26H28Cl2HfSi. The molecule has 0 aromatic heterocycles. The van der Waals surface area contributed by atoms with Crippen LogP contribution in [0.4, 0.5) is 0 Å². The van der Waals surface area contributed by atoms with E-state index in [4.69, 9.17) is 0 Å². The third kappa shape index (κ3) is 5.27. The fourth-order valence-corrected chi connectivity index (χ4v) is 30.7. The summed E-state index contributed by atoms with van der Waals surface area (Å²) in [4.78, 5) is 0. The summed E-state index contributed by atoms with van der Waals surface area (Å²) >= 11 is -2.01. The van der Waals surface area contributed by atoms with Crippen LogP contribution in [0.15, 0.2) is 90.6 Å². The zero-order chi connectivity index (χ0) is 19.7. The van der Waals surface area contributed by atoms with Gasteiger partial charge in [0.05, 0.1) is 0 Å². The van der Waals surface area contributed by atoms with E-state index in [2.05, 4.69) is 99.8 Å². The summed E-state index contributed by atoms with van der Waals surface area (Å²) in [6, 6.07) is 22.0. The van der Waals surface area contributed by atoms with Crippen molar-refractivity contribution < 1.29 is 44.9 Å². The van der Waals surface area contributed by atoms with E-state index < -0.39 is 20.1 Å². The van der Waals surface area contributed by atoms with Crippen molar-refractivity contribution in [1.82, 2.24) is 0 Å². The van der Waals surface area contributed by atoms with Gasteiger partial charge in [-0.15, -0.1) is 0 Å². The van der Waals surface area contributed by atoms with Crippen molar-refractivity contribution >= 4 is 16.6 Å². The molecule has 2 aromatic carbocycles. The SMILES string of the molecule is CC1=[C]([Hf+2]([C]2=C(C)C=C(c3ccccc3)C2)=[Si](C)C)CC(c2ccccc2)=C1.[Cl-].[Cl-]. The fourth-order valence-electron chi connectivity index (χ4n) is 4.49. The zero-order valence-electron chi connectivity index (χ0n) is 18.1. The molecule has 4 rings (SSSR count). The first-order valence-corrected chi connectivity index (χ1v) is 21.6. The Labute approximate surface area is 201 Å². The molecule has 0 atom stereocenters. The van der Waals surface area contributed by atoms with E-state index in [9.17, 15) is 0 Å². The van der Waals surface area contributed by atoms with Gasteiger partial charge < -0.3 is 24.8 Å². The van der Waals surface area contributed by atoms with Crippen molar-refractivity contribution in [2.45, 2.75) is 39.8 Å². The molecule has 0 aliphatic heterocycles. The maximum Gasteiger partial charge on any atom is -1.00 e. The van der Waals surface area contributed by atoms with Gasteiger partial charge in [-0.05, 0) is 0 Å². The molecule has 0 fully saturated rings. The Balaban J connectivity index is 0.00000160. The minimum atomic E-state index is -2.01. The Kier molecular flexibility index (Phi) is 9.36. The van der Waals surface area contributed by atoms with Gasteiger partial charge in [0.1, 0.15) is 0 Å². The number of rotatable bonds is 4. The van der Waals surface area contributed by atoms with Crippen molar-refractivity contribution in [3.63, 3.8) is 0 Å². The van der Waals surface area contributed by atoms with Gasteiger partial charge in [-0.3, -0.25) is 0 Å². The standard InChI is InChI=1S/2C12H11.C2H6Si.2ClH.Hf/c2*1-10-7-8-12(9-10)11-5-3-2-4-6-11;1-3-2;;;/h2*2-6,9H,8H2,1H3;1-2H3;2*1H;/q;;;;;+2/p-2.